The van der Waals surface area contributed by atoms with E-state index in [4.69, 9.17) is 14.7 Å². The van der Waals surface area contributed by atoms with Crippen LogP contribution in [-0.2, 0) is 17.6 Å². The highest BCUT2D eigenvalue weighted by Gasteiger charge is 2.30. The Labute approximate surface area is 188 Å². The van der Waals surface area contributed by atoms with E-state index in [1.807, 2.05) is 51.1 Å². The Morgan fingerprint density at radius 3 is 2.66 bits per heavy atom. The van der Waals surface area contributed by atoms with Crippen LogP contribution in [0.5, 0.6) is 5.75 Å². The lowest BCUT2D eigenvalue weighted by Crippen LogP contribution is -2.36. The maximum absolute atomic E-state index is 12.2. The summed E-state index contributed by atoms with van der Waals surface area (Å²) in [4.78, 5) is 17.3. The largest absolute Gasteiger partial charge is 0.489 e. The van der Waals surface area contributed by atoms with Crippen molar-refractivity contribution in [3.63, 3.8) is 0 Å². The lowest BCUT2D eigenvalue weighted by molar-refractivity contribution is 0.0275. The van der Waals surface area contributed by atoms with Crippen LogP contribution in [0.1, 0.15) is 44.0 Å². The summed E-state index contributed by atoms with van der Waals surface area (Å²) in [6.07, 6.45) is 2.31. The summed E-state index contributed by atoms with van der Waals surface area (Å²) in [5.41, 5.74) is 3.56. The molecule has 0 spiro atoms. The first-order valence-electron chi connectivity index (χ1n) is 11.0. The molecule has 3 aromatic rings. The van der Waals surface area contributed by atoms with Gasteiger partial charge in [-0.1, -0.05) is 18.2 Å². The Morgan fingerprint density at radius 2 is 1.94 bits per heavy atom. The van der Waals surface area contributed by atoms with Crippen LogP contribution < -0.4 is 4.74 Å². The second-order valence-corrected chi connectivity index (χ2v) is 9.31. The molecule has 1 aromatic heterocycles. The summed E-state index contributed by atoms with van der Waals surface area (Å²) in [5.74, 6) is 0.819. The molecule has 32 heavy (non-hydrogen) atoms. The molecule has 0 unspecified atom stereocenters. The summed E-state index contributed by atoms with van der Waals surface area (Å²) in [5, 5.41) is 10.2. The number of rotatable bonds is 5. The van der Waals surface area contributed by atoms with Crippen molar-refractivity contribution in [2.75, 3.05) is 13.1 Å². The first-order chi connectivity index (χ1) is 15.3. The molecular weight excluding hydrogens is 402 g/mol. The van der Waals surface area contributed by atoms with Gasteiger partial charge in [0.1, 0.15) is 17.5 Å². The fraction of sp³-hybridized carbons (Fsp3) is 0.385. The number of ether oxygens (including phenoxy) is 2. The second-order valence-electron chi connectivity index (χ2n) is 9.31. The Balaban J connectivity index is 1.28. The van der Waals surface area contributed by atoms with Crippen LogP contribution in [0.2, 0.25) is 0 Å². The summed E-state index contributed by atoms with van der Waals surface area (Å²) < 4.78 is 11.5. The normalized spacial score (nSPS) is 16.2. The van der Waals surface area contributed by atoms with Crippen molar-refractivity contribution in [2.24, 2.45) is 0 Å². The molecular formula is C26H29N3O3. The highest BCUT2D eigenvalue weighted by molar-refractivity contribution is 5.81. The molecule has 6 heteroatoms. The van der Waals surface area contributed by atoms with Gasteiger partial charge in [-0.3, -0.25) is 0 Å². The number of aryl methyl sites for hydroxylation is 2. The molecule has 2 heterocycles. The first-order valence-corrected chi connectivity index (χ1v) is 11.0. The van der Waals surface area contributed by atoms with Gasteiger partial charge in [0.15, 0.2) is 0 Å². The van der Waals surface area contributed by atoms with Crippen molar-refractivity contribution in [1.82, 2.24) is 9.88 Å². The molecule has 166 valence electrons. The number of fused-ring (bicyclic) bond motifs is 1. The van der Waals surface area contributed by atoms with Crippen LogP contribution in [-0.4, -0.2) is 40.8 Å². The number of H-pyrrole nitrogens is 1. The number of benzene rings is 2. The number of carbonyl (C=O) groups excluding carboxylic acids is 1. The zero-order valence-electron chi connectivity index (χ0n) is 18.9. The van der Waals surface area contributed by atoms with Crippen molar-refractivity contribution in [2.45, 2.75) is 51.7 Å². The van der Waals surface area contributed by atoms with Gasteiger partial charge in [-0.2, -0.15) is 5.26 Å². The summed E-state index contributed by atoms with van der Waals surface area (Å²) in [6, 6.07) is 18.2. The number of carbonyl (C=O) groups is 1. The Bertz CT molecular complexity index is 1140. The number of aromatic nitrogens is 1. The number of hydrogen-bond acceptors (Lipinski definition) is 4. The molecule has 0 bridgehead atoms. The number of nitrogens with one attached hydrogen (secondary N) is 1. The number of likely N-dealkylation sites (tertiary alicyclic amines) is 1. The second kappa shape index (κ2) is 8.96. The molecule has 6 nitrogen and oxygen atoms in total. The smallest absolute Gasteiger partial charge is 0.410 e. The van der Waals surface area contributed by atoms with Crippen molar-refractivity contribution in [3.8, 4) is 11.8 Å². The van der Waals surface area contributed by atoms with Crippen LogP contribution in [0.3, 0.4) is 0 Å². The molecule has 0 saturated carbocycles. The Kier molecular flexibility index (Phi) is 6.09. The molecule has 1 atom stereocenters. The predicted molar refractivity (Wildman–Crippen MR) is 124 cm³/mol. The molecule has 1 N–H and O–H groups in total. The maximum Gasteiger partial charge on any atom is 0.410 e. The quantitative estimate of drug-likeness (QED) is 0.601. The minimum Gasteiger partial charge on any atom is -0.489 e. The van der Waals surface area contributed by atoms with Gasteiger partial charge in [0.05, 0.1) is 18.2 Å². The zero-order valence-corrected chi connectivity index (χ0v) is 18.9. The average molecular weight is 432 g/mol. The van der Waals surface area contributed by atoms with Crippen LogP contribution in [0, 0.1) is 11.3 Å². The third-order valence-corrected chi connectivity index (χ3v) is 5.51. The van der Waals surface area contributed by atoms with Gasteiger partial charge < -0.3 is 19.4 Å². The molecule has 0 aliphatic carbocycles. The van der Waals surface area contributed by atoms with Crippen molar-refractivity contribution in [1.29, 1.82) is 5.26 Å². The molecule has 1 saturated heterocycles. The van der Waals surface area contributed by atoms with Crippen molar-refractivity contribution < 1.29 is 14.3 Å². The van der Waals surface area contributed by atoms with Crippen molar-refractivity contribution in [3.05, 3.63) is 65.4 Å². The van der Waals surface area contributed by atoms with E-state index in [-0.39, 0.29) is 12.2 Å². The van der Waals surface area contributed by atoms with Gasteiger partial charge in [0.25, 0.3) is 0 Å². The third-order valence-electron chi connectivity index (χ3n) is 5.51. The minimum atomic E-state index is -0.488. The Morgan fingerprint density at radius 1 is 1.16 bits per heavy atom. The minimum absolute atomic E-state index is 0.0157. The molecule has 2 aromatic carbocycles. The number of nitrogens with zero attached hydrogens (tertiary/aromatic N) is 2. The number of amides is 1. The summed E-state index contributed by atoms with van der Waals surface area (Å²) in [7, 11) is 0. The van der Waals surface area contributed by atoms with Crippen LogP contribution in [0.4, 0.5) is 4.79 Å². The fourth-order valence-electron chi connectivity index (χ4n) is 3.91. The van der Waals surface area contributed by atoms with Gasteiger partial charge in [-0.15, -0.1) is 0 Å². The van der Waals surface area contributed by atoms with Gasteiger partial charge in [-0.25, -0.2) is 4.79 Å². The number of aromatic amines is 1. The molecule has 0 radical (unpaired) electrons. The molecule has 1 aliphatic rings. The van der Waals surface area contributed by atoms with Gasteiger partial charge >= 0.3 is 6.09 Å². The predicted octanol–water partition coefficient (Wildman–Crippen LogP) is 5.21. The first kappa shape index (κ1) is 21.8. The van der Waals surface area contributed by atoms with E-state index in [2.05, 4.69) is 29.3 Å². The van der Waals surface area contributed by atoms with Gasteiger partial charge in [-0.05, 0) is 74.9 Å². The zero-order chi connectivity index (χ0) is 22.7. The lowest BCUT2D eigenvalue weighted by Gasteiger charge is -2.24. The summed E-state index contributed by atoms with van der Waals surface area (Å²) in [6.45, 7) is 6.82. The summed E-state index contributed by atoms with van der Waals surface area (Å²) >= 11 is 0. The average Bonchev–Trinajstić information content (AvgIpc) is 3.38. The number of nitriles is 1. The van der Waals surface area contributed by atoms with E-state index in [0.717, 1.165) is 41.6 Å². The maximum atomic E-state index is 12.2. The van der Waals surface area contributed by atoms with E-state index >= 15 is 0 Å². The van der Waals surface area contributed by atoms with Crippen molar-refractivity contribution >= 4 is 17.0 Å². The number of hydrogen-bond donors (Lipinski definition) is 1. The highest BCUT2D eigenvalue weighted by atomic mass is 16.6. The van der Waals surface area contributed by atoms with Crippen LogP contribution in [0.15, 0.2) is 48.5 Å². The van der Waals surface area contributed by atoms with Gasteiger partial charge in [0.2, 0.25) is 0 Å². The van der Waals surface area contributed by atoms with E-state index in [0.29, 0.717) is 18.7 Å². The lowest BCUT2D eigenvalue weighted by atomic mass is 10.1. The van der Waals surface area contributed by atoms with E-state index < -0.39 is 5.60 Å². The highest BCUT2D eigenvalue weighted by Crippen LogP contribution is 2.22. The van der Waals surface area contributed by atoms with Gasteiger partial charge in [0, 0.05) is 24.2 Å². The Hall–Kier alpha value is -3.46. The van der Waals surface area contributed by atoms with E-state index in [1.54, 1.807) is 4.90 Å². The standard InChI is InChI=1S/C26H29N3O3/c1-26(2,3)32-25(30)29-13-12-23(17-29)31-22-10-6-18(7-11-22)5-9-21-15-20-8-4-19(16-27)14-24(20)28-21/h4,6-8,10-11,14-15,23,28H,5,9,12-13,17H2,1-3H3/t23-/m0/s1. The van der Waals surface area contributed by atoms with Crippen LogP contribution >= 0.6 is 0 Å². The topological polar surface area (TPSA) is 78.3 Å². The monoisotopic (exact) mass is 431 g/mol. The third kappa shape index (κ3) is 5.42. The SMILES string of the molecule is CC(C)(C)OC(=O)N1CC[C@H](Oc2ccc(CCc3cc4ccc(C#N)cc4[nH]3)cc2)C1. The van der Waals surface area contributed by atoms with E-state index in [9.17, 15) is 4.79 Å². The van der Waals surface area contributed by atoms with E-state index in [1.165, 1.54) is 5.56 Å². The van der Waals surface area contributed by atoms with Crippen LogP contribution in [0.25, 0.3) is 10.9 Å². The molecule has 4 rings (SSSR count). The molecule has 1 aliphatic heterocycles. The molecule has 1 amide bonds. The fourth-order valence-corrected chi connectivity index (χ4v) is 3.91. The molecule has 1 fully saturated rings.